The number of anilines is 2. The molecule has 0 spiro atoms. The van der Waals surface area contributed by atoms with Gasteiger partial charge in [0.25, 0.3) is 0 Å². The normalized spacial score (nSPS) is 13.1. The van der Waals surface area contributed by atoms with E-state index in [0.717, 1.165) is 33.1 Å². The van der Waals surface area contributed by atoms with Crippen LogP contribution in [0.3, 0.4) is 0 Å². The fourth-order valence-corrected chi connectivity index (χ4v) is 8.30. The second kappa shape index (κ2) is 8.80. The SMILES string of the molecule is c1ccc(-n2c3cc4c(cc3c3ccc5c6ccccc6oc5c32)-c2ccccc2B2c3ccccc3-c3ccccc3N24)cc1. The highest BCUT2D eigenvalue weighted by Gasteiger charge is 2.42. The Kier molecular flexibility index (Phi) is 4.66. The van der Waals surface area contributed by atoms with E-state index in [1.807, 2.05) is 6.07 Å². The van der Waals surface area contributed by atoms with E-state index in [4.69, 9.17) is 4.42 Å². The Labute approximate surface area is 265 Å². The lowest BCUT2D eigenvalue weighted by Crippen LogP contribution is -2.59. The molecule has 0 fully saturated rings. The number of rotatable bonds is 1. The summed E-state index contributed by atoms with van der Waals surface area (Å²) in [5, 5.41) is 4.69. The van der Waals surface area contributed by atoms with Crippen molar-refractivity contribution in [2.75, 3.05) is 4.81 Å². The quantitative estimate of drug-likeness (QED) is 0.179. The highest BCUT2D eigenvalue weighted by atomic mass is 16.3. The van der Waals surface area contributed by atoms with Crippen LogP contribution in [0.1, 0.15) is 0 Å². The van der Waals surface area contributed by atoms with E-state index in [1.54, 1.807) is 0 Å². The van der Waals surface area contributed by atoms with E-state index in [1.165, 1.54) is 60.8 Å². The van der Waals surface area contributed by atoms with E-state index >= 15 is 0 Å². The molecule has 0 unspecified atom stereocenters. The summed E-state index contributed by atoms with van der Waals surface area (Å²) in [6.07, 6.45) is 0. The predicted molar refractivity (Wildman–Crippen MR) is 193 cm³/mol. The Balaban J connectivity index is 1.32. The number of benzene rings is 7. The van der Waals surface area contributed by atoms with Gasteiger partial charge in [0.15, 0.2) is 5.58 Å². The highest BCUT2D eigenvalue weighted by Crippen LogP contribution is 2.49. The van der Waals surface area contributed by atoms with Crippen molar-refractivity contribution >= 4 is 72.9 Å². The van der Waals surface area contributed by atoms with E-state index in [-0.39, 0.29) is 6.85 Å². The number of furan rings is 1. The smallest absolute Gasteiger partial charge is 0.329 e. The van der Waals surface area contributed by atoms with Gasteiger partial charge in [-0.3, -0.25) is 0 Å². The van der Waals surface area contributed by atoms with Gasteiger partial charge < -0.3 is 13.8 Å². The van der Waals surface area contributed by atoms with E-state index in [0.29, 0.717) is 0 Å². The average molecular weight is 584 g/mol. The first kappa shape index (κ1) is 24.3. The van der Waals surface area contributed by atoms with Gasteiger partial charge in [0.2, 0.25) is 0 Å². The lowest BCUT2D eigenvalue weighted by molar-refractivity contribution is 0.671. The third kappa shape index (κ3) is 3.03. The molecule has 0 saturated carbocycles. The monoisotopic (exact) mass is 584 g/mol. The summed E-state index contributed by atoms with van der Waals surface area (Å²) >= 11 is 0. The molecule has 7 aromatic carbocycles. The fraction of sp³-hybridized carbons (Fsp3) is 0. The minimum atomic E-state index is 0.0730. The molecule has 0 saturated heterocycles. The standard InChI is InChI=1S/C42H25BN2O/c1-2-12-26(13-3-1)44-38-25-39-33(24-34(38)31-22-23-32-30-17-7-11-21-40(30)46-42(32)41(31)44)28-15-5-9-19-36(28)43-35-18-8-4-14-27(35)29-16-6-10-20-37(29)45(39)43/h1-25H. The summed E-state index contributed by atoms with van der Waals surface area (Å²) < 4.78 is 9.09. The molecule has 4 heteroatoms. The topological polar surface area (TPSA) is 21.3 Å². The molecule has 0 radical (unpaired) electrons. The summed E-state index contributed by atoms with van der Waals surface area (Å²) in [7, 11) is 0. The minimum absolute atomic E-state index is 0.0730. The van der Waals surface area contributed by atoms with Gasteiger partial charge in [0.1, 0.15) is 5.58 Å². The Morgan fingerprint density at radius 3 is 1.93 bits per heavy atom. The first-order valence-corrected chi connectivity index (χ1v) is 15.9. The average Bonchev–Trinajstić information content (AvgIpc) is 3.66. The highest BCUT2D eigenvalue weighted by molar-refractivity contribution is 6.92. The molecule has 9 aromatic rings. The van der Waals surface area contributed by atoms with Crippen LogP contribution in [0.2, 0.25) is 0 Å². The van der Waals surface area contributed by atoms with E-state index < -0.39 is 0 Å². The van der Waals surface area contributed by atoms with Crippen molar-refractivity contribution in [2.24, 2.45) is 0 Å². The molecule has 0 N–H and O–H groups in total. The summed E-state index contributed by atoms with van der Waals surface area (Å²) in [5.41, 5.74) is 15.5. The number of hydrogen-bond acceptors (Lipinski definition) is 2. The Morgan fingerprint density at radius 2 is 1.11 bits per heavy atom. The van der Waals surface area contributed by atoms with Gasteiger partial charge in [-0.05, 0) is 64.5 Å². The van der Waals surface area contributed by atoms with Crippen molar-refractivity contribution in [3.8, 4) is 27.9 Å². The maximum atomic E-state index is 6.68. The first-order chi connectivity index (χ1) is 22.8. The van der Waals surface area contributed by atoms with Crippen molar-refractivity contribution in [1.29, 1.82) is 0 Å². The van der Waals surface area contributed by atoms with Gasteiger partial charge in [-0.15, -0.1) is 0 Å². The van der Waals surface area contributed by atoms with Crippen LogP contribution in [-0.4, -0.2) is 11.4 Å². The van der Waals surface area contributed by atoms with Gasteiger partial charge in [-0.1, -0.05) is 109 Å². The Hall–Kier alpha value is -6.00. The van der Waals surface area contributed by atoms with Gasteiger partial charge in [-0.25, -0.2) is 0 Å². The van der Waals surface area contributed by atoms with Crippen molar-refractivity contribution in [1.82, 2.24) is 4.57 Å². The van der Waals surface area contributed by atoms with Crippen LogP contribution in [0.4, 0.5) is 11.4 Å². The summed E-state index contributed by atoms with van der Waals surface area (Å²) in [4.78, 5) is 2.58. The molecule has 3 nitrogen and oxygen atoms in total. The van der Waals surface area contributed by atoms with E-state index in [2.05, 4.69) is 155 Å². The number of aromatic nitrogens is 1. The van der Waals surface area contributed by atoms with Crippen molar-refractivity contribution in [2.45, 2.75) is 0 Å². The molecule has 2 aromatic heterocycles. The van der Waals surface area contributed by atoms with Crippen LogP contribution < -0.4 is 15.7 Å². The summed E-state index contributed by atoms with van der Waals surface area (Å²) in [5.74, 6) is 0. The molecular weight excluding hydrogens is 559 g/mol. The maximum absolute atomic E-state index is 6.68. The van der Waals surface area contributed by atoms with Crippen LogP contribution in [0.25, 0.3) is 71.7 Å². The molecule has 0 aliphatic carbocycles. The molecule has 0 bridgehead atoms. The van der Waals surface area contributed by atoms with E-state index in [9.17, 15) is 0 Å². The van der Waals surface area contributed by atoms with Crippen LogP contribution in [0, 0.1) is 0 Å². The van der Waals surface area contributed by atoms with Gasteiger partial charge in [0, 0.05) is 49.7 Å². The molecule has 0 amide bonds. The lowest BCUT2D eigenvalue weighted by Gasteiger charge is -2.43. The first-order valence-electron chi connectivity index (χ1n) is 15.9. The largest absolute Gasteiger partial charge is 0.454 e. The molecular formula is C42H25BN2O. The Bertz CT molecular complexity index is 2720. The number of hydrogen-bond donors (Lipinski definition) is 0. The molecule has 11 rings (SSSR count). The lowest BCUT2D eigenvalue weighted by atomic mass is 9.43. The Morgan fingerprint density at radius 1 is 0.457 bits per heavy atom. The fourth-order valence-electron chi connectivity index (χ4n) is 8.30. The number of nitrogens with zero attached hydrogens (tertiary/aromatic N) is 2. The van der Waals surface area contributed by atoms with Crippen LogP contribution in [-0.2, 0) is 0 Å². The molecule has 46 heavy (non-hydrogen) atoms. The predicted octanol–water partition coefficient (Wildman–Crippen LogP) is 9.59. The zero-order valence-corrected chi connectivity index (χ0v) is 24.8. The second-order valence-electron chi connectivity index (χ2n) is 12.5. The zero-order valence-electron chi connectivity index (χ0n) is 24.8. The van der Waals surface area contributed by atoms with Gasteiger partial charge in [-0.2, -0.15) is 0 Å². The van der Waals surface area contributed by atoms with Crippen molar-refractivity contribution in [3.05, 3.63) is 152 Å². The third-order valence-corrected chi connectivity index (χ3v) is 10.2. The second-order valence-corrected chi connectivity index (χ2v) is 12.5. The maximum Gasteiger partial charge on any atom is 0.329 e. The van der Waals surface area contributed by atoms with Gasteiger partial charge >= 0.3 is 6.85 Å². The minimum Gasteiger partial charge on any atom is -0.454 e. The molecule has 2 aliphatic rings. The molecule has 212 valence electrons. The van der Waals surface area contributed by atoms with Crippen LogP contribution in [0.15, 0.2) is 156 Å². The zero-order chi connectivity index (χ0) is 29.9. The van der Waals surface area contributed by atoms with Gasteiger partial charge in [0.05, 0.1) is 11.0 Å². The number of fused-ring (bicyclic) bond motifs is 18. The van der Waals surface area contributed by atoms with Crippen molar-refractivity contribution < 1.29 is 4.42 Å². The summed E-state index contributed by atoms with van der Waals surface area (Å²) in [6, 6.07) is 55.2. The third-order valence-electron chi connectivity index (χ3n) is 10.2. The van der Waals surface area contributed by atoms with Crippen molar-refractivity contribution in [3.63, 3.8) is 0 Å². The molecule has 0 atom stereocenters. The summed E-state index contributed by atoms with van der Waals surface area (Å²) in [6.45, 7) is 0.0730. The number of para-hydroxylation sites is 3. The van der Waals surface area contributed by atoms with Crippen LogP contribution in [0.5, 0.6) is 0 Å². The van der Waals surface area contributed by atoms with Crippen LogP contribution >= 0.6 is 0 Å². The molecule has 2 aliphatic heterocycles. The molecule has 4 heterocycles.